The minimum atomic E-state index is 0.382. The number of rotatable bonds is 4. The molecule has 0 radical (unpaired) electrons. The molecule has 3 unspecified atom stereocenters. The zero-order valence-electron chi connectivity index (χ0n) is 13.2. The molecule has 0 spiro atoms. The van der Waals surface area contributed by atoms with E-state index in [-0.39, 0.29) is 0 Å². The molecule has 20 heavy (non-hydrogen) atoms. The molecule has 2 aliphatic rings. The second kappa shape index (κ2) is 8.02. The molecule has 0 aromatic heterocycles. The van der Waals surface area contributed by atoms with Gasteiger partial charge in [-0.1, -0.05) is 26.2 Å². The number of carbonyl (C=O) groups is 1. The van der Waals surface area contributed by atoms with Crippen molar-refractivity contribution >= 4 is 5.91 Å². The number of amides is 1. The van der Waals surface area contributed by atoms with Crippen molar-refractivity contribution in [3.63, 3.8) is 0 Å². The molecule has 3 heteroatoms. The van der Waals surface area contributed by atoms with Gasteiger partial charge >= 0.3 is 0 Å². The molecule has 2 fully saturated rings. The van der Waals surface area contributed by atoms with Gasteiger partial charge in [-0.15, -0.1) is 0 Å². The molecule has 116 valence electrons. The molecule has 0 bridgehead atoms. The monoisotopic (exact) mass is 280 g/mol. The van der Waals surface area contributed by atoms with Crippen molar-refractivity contribution in [1.82, 2.24) is 4.90 Å². The number of carbonyl (C=O) groups excluding carboxylic acids is 1. The smallest absolute Gasteiger partial charge is 0.222 e. The van der Waals surface area contributed by atoms with Crippen molar-refractivity contribution in [3.8, 4) is 0 Å². The average Bonchev–Trinajstić information content (AvgIpc) is 2.70. The van der Waals surface area contributed by atoms with Gasteiger partial charge in [-0.05, 0) is 50.4 Å². The molecule has 3 nitrogen and oxygen atoms in total. The van der Waals surface area contributed by atoms with Crippen LogP contribution in [0, 0.1) is 11.8 Å². The van der Waals surface area contributed by atoms with Crippen LogP contribution in [-0.2, 0) is 4.79 Å². The Morgan fingerprint density at radius 2 is 1.90 bits per heavy atom. The molecule has 2 rings (SSSR count). The van der Waals surface area contributed by atoms with Gasteiger partial charge in [0.05, 0.1) is 0 Å². The number of nitrogens with two attached hydrogens (primary N) is 1. The van der Waals surface area contributed by atoms with Crippen LogP contribution in [0.15, 0.2) is 0 Å². The highest BCUT2D eigenvalue weighted by atomic mass is 16.2. The number of hydrogen-bond donors (Lipinski definition) is 1. The maximum atomic E-state index is 12.4. The summed E-state index contributed by atoms with van der Waals surface area (Å²) in [5, 5.41) is 0. The van der Waals surface area contributed by atoms with Crippen molar-refractivity contribution < 1.29 is 4.79 Å². The average molecular weight is 280 g/mol. The summed E-state index contributed by atoms with van der Waals surface area (Å²) in [7, 11) is 0. The minimum absolute atomic E-state index is 0.382. The summed E-state index contributed by atoms with van der Waals surface area (Å²) in [6.45, 7) is 4.25. The lowest BCUT2D eigenvalue weighted by atomic mass is 9.83. The van der Waals surface area contributed by atoms with Gasteiger partial charge in [0.1, 0.15) is 0 Å². The second-order valence-electron chi connectivity index (χ2n) is 6.92. The first-order chi connectivity index (χ1) is 9.69. The molecule has 0 aromatic rings. The fraction of sp³-hybridized carbons (Fsp3) is 0.941. The molecular weight excluding hydrogens is 248 g/mol. The molecule has 1 heterocycles. The molecule has 1 aliphatic heterocycles. The van der Waals surface area contributed by atoms with Crippen molar-refractivity contribution in [2.24, 2.45) is 17.6 Å². The summed E-state index contributed by atoms with van der Waals surface area (Å²) < 4.78 is 0. The van der Waals surface area contributed by atoms with Crippen molar-refractivity contribution in [2.45, 2.75) is 77.2 Å². The van der Waals surface area contributed by atoms with E-state index in [1.807, 2.05) is 0 Å². The highest BCUT2D eigenvalue weighted by Crippen LogP contribution is 2.27. The molecular formula is C17H32N2O. The van der Waals surface area contributed by atoms with Crippen LogP contribution in [0.3, 0.4) is 0 Å². The number of likely N-dealkylation sites (tertiary alicyclic amines) is 1. The van der Waals surface area contributed by atoms with E-state index in [1.54, 1.807) is 0 Å². The van der Waals surface area contributed by atoms with Gasteiger partial charge in [0.2, 0.25) is 5.91 Å². The zero-order chi connectivity index (χ0) is 14.4. The van der Waals surface area contributed by atoms with Gasteiger partial charge in [-0.25, -0.2) is 0 Å². The van der Waals surface area contributed by atoms with Gasteiger partial charge in [-0.3, -0.25) is 4.79 Å². The van der Waals surface area contributed by atoms with E-state index in [1.165, 1.54) is 44.9 Å². The third-order valence-corrected chi connectivity index (χ3v) is 5.37. The Morgan fingerprint density at radius 3 is 2.65 bits per heavy atom. The van der Waals surface area contributed by atoms with Crippen LogP contribution in [0.2, 0.25) is 0 Å². The minimum Gasteiger partial charge on any atom is -0.343 e. The summed E-state index contributed by atoms with van der Waals surface area (Å²) in [5.41, 5.74) is 6.03. The maximum Gasteiger partial charge on any atom is 0.222 e. The fourth-order valence-corrected chi connectivity index (χ4v) is 3.90. The number of nitrogens with zero attached hydrogens (tertiary/aromatic N) is 1. The van der Waals surface area contributed by atoms with Crippen LogP contribution in [-0.4, -0.2) is 29.9 Å². The highest BCUT2D eigenvalue weighted by Gasteiger charge is 2.23. The van der Waals surface area contributed by atoms with E-state index in [0.29, 0.717) is 17.9 Å². The third-order valence-electron chi connectivity index (χ3n) is 5.37. The van der Waals surface area contributed by atoms with Crippen LogP contribution in [0.5, 0.6) is 0 Å². The summed E-state index contributed by atoms with van der Waals surface area (Å²) in [5.74, 6) is 1.92. The van der Waals surface area contributed by atoms with E-state index < -0.39 is 0 Å². The van der Waals surface area contributed by atoms with E-state index in [0.717, 1.165) is 38.3 Å². The normalized spacial score (nSPS) is 31.9. The van der Waals surface area contributed by atoms with Crippen molar-refractivity contribution in [2.75, 3.05) is 13.1 Å². The predicted octanol–water partition coefficient (Wildman–Crippen LogP) is 3.32. The molecule has 0 aromatic carbocycles. The van der Waals surface area contributed by atoms with Crippen LogP contribution >= 0.6 is 0 Å². The predicted molar refractivity (Wildman–Crippen MR) is 83.4 cm³/mol. The van der Waals surface area contributed by atoms with Crippen molar-refractivity contribution in [1.29, 1.82) is 0 Å². The summed E-state index contributed by atoms with van der Waals surface area (Å²) >= 11 is 0. The maximum absolute atomic E-state index is 12.4. The third kappa shape index (κ3) is 4.76. The first kappa shape index (κ1) is 15.8. The Hall–Kier alpha value is -0.570. The SMILES string of the molecule is CCC1CCCN(C(=O)CCC2CCCC(N)C2)CC1. The topological polar surface area (TPSA) is 46.3 Å². The Morgan fingerprint density at radius 1 is 1.10 bits per heavy atom. The lowest BCUT2D eigenvalue weighted by molar-refractivity contribution is -0.131. The Labute approximate surface area is 124 Å². The molecule has 1 aliphatic carbocycles. The van der Waals surface area contributed by atoms with E-state index in [2.05, 4.69) is 11.8 Å². The van der Waals surface area contributed by atoms with Crippen LogP contribution < -0.4 is 5.73 Å². The van der Waals surface area contributed by atoms with Gasteiger partial charge in [0.25, 0.3) is 0 Å². The Balaban J connectivity index is 1.71. The standard InChI is InChI=1S/C17H32N2O/c1-2-14-6-4-11-19(12-10-14)17(20)9-8-15-5-3-7-16(18)13-15/h14-16H,2-13,18H2,1H3. The quantitative estimate of drug-likeness (QED) is 0.858. The molecule has 1 saturated heterocycles. The van der Waals surface area contributed by atoms with Gasteiger partial charge < -0.3 is 10.6 Å². The second-order valence-corrected chi connectivity index (χ2v) is 6.92. The van der Waals surface area contributed by atoms with E-state index in [4.69, 9.17) is 5.73 Å². The first-order valence-corrected chi connectivity index (χ1v) is 8.72. The zero-order valence-corrected chi connectivity index (χ0v) is 13.2. The van der Waals surface area contributed by atoms with Gasteiger partial charge in [0, 0.05) is 25.6 Å². The lowest BCUT2D eigenvalue weighted by Crippen LogP contribution is -2.33. The number of hydrogen-bond acceptors (Lipinski definition) is 2. The summed E-state index contributed by atoms with van der Waals surface area (Å²) in [6.07, 6.45) is 11.6. The molecule has 1 saturated carbocycles. The van der Waals surface area contributed by atoms with Crippen LogP contribution in [0.4, 0.5) is 0 Å². The first-order valence-electron chi connectivity index (χ1n) is 8.72. The molecule has 1 amide bonds. The molecule has 3 atom stereocenters. The Bertz CT molecular complexity index is 305. The van der Waals surface area contributed by atoms with Crippen LogP contribution in [0.1, 0.15) is 71.1 Å². The summed E-state index contributed by atoms with van der Waals surface area (Å²) in [6, 6.07) is 0.382. The fourth-order valence-electron chi connectivity index (χ4n) is 3.90. The van der Waals surface area contributed by atoms with E-state index in [9.17, 15) is 4.79 Å². The largest absolute Gasteiger partial charge is 0.343 e. The molecule has 2 N–H and O–H groups in total. The van der Waals surface area contributed by atoms with E-state index >= 15 is 0 Å². The summed E-state index contributed by atoms with van der Waals surface area (Å²) in [4.78, 5) is 14.5. The van der Waals surface area contributed by atoms with Crippen molar-refractivity contribution in [3.05, 3.63) is 0 Å². The lowest BCUT2D eigenvalue weighted by Gasteiger charge is -2.27. The highest BCUT2D eigenvalue weighted by molar-refractivity contribution is 5.76. The van der Waals surface area contributed by atoms with Gasteiger partial charge in [0.15, 0.2) is 0 Å². The Kier molecular flexibility index (Phi) is 6.34. The van der Waals surface area contributed by atoms with Gasteiger partial charge in [-0.2, -0.15) is 0 Å². The van der Waals surface area contributed by atoms with Crippen LogP contribution in [0.25, 0.3) is 0 Å².